The van der Waals surface area contributed by atoms with Crippen LogP contribution in [-0.4, -0.2) is 49.7 Å². The van der Waals surface area contributed by atoms with Gasteiger partial charge in [0.25, 0.3) is 0 Å². The molecule has 0 N–H and O–H groups in total. The lowest BCUT2D eigenvalue weighted by Crippen LogP contribution is -2.29. The van der Waals surface area contributed by atoms with Crippen molar-refractivity contribution in [1.29, 1.82) is 0 Å². The summed E-state index contributed by atoms with van der Waals surface area (Å²) in [5.74, 6) is -0.190. The summed E-state index contributed by atoms with van der Waals surface area (Å²) in [7, 11) is -6.31. The molecule has 0 atom stereocenters. The van der Waals surface area contributed by atoms with E-state index >= 15 is 0 Å². The quantitative estimate of drug-likeness (QED) is 0.678. The van der Waals surface area contributed by atoms with E-state index in [1.54, 1.807) is 0 Å². The fourth-order valence-corrected chi connectivity index (χ4v) is 4.29. The average molecular weight is 425 g/mol. The molecule has 150 valence electrons. The molecule has 0 aliphatic heterocycles. The van der Waals surface area contributed by atoms with Gasteiger partial charge in [0, 0.05) is 19.4 Å². The Bertz CT molecular complexity index is 998. The first-order valence-electron chi connectivity index (χ1n) is 7.73. The predicted molar refractivity (Wildman–Crippen MR) is 91.1 cm³/mol. The molecule has 0 saturated carbocycles. The number of hydrogen-bond donors (Lipinski definition) is 0. The highest BCUT2D eigenvalue weighted by molar-refractivity contribution is 7.91. The number of imidazole rings is 1. The molecular weight excluding hydrogens is 407 g/mol. The van der Waals surface area contributed by atoms with Crippen molar-refractivity contribution in [3.05, 3.63) is 42.5 Å². The highest BCUT2D eigenvalue weighted by Gasteiger charge is 2.30. The van der Waals surface area contributed by atoms with E-state index in [4.69, 9.17) is 0 Å². The summed E-state index contributed by atoms with van der Waals surface area (Å²) >= 11 is 0. The molecule has 2 rings (SSSR count). The van der Waals surface area contributed by atoms with Crippen molar-refractivity contribution < 1.29 is 30.0 Å². The number of hydrogen-bond acceptors (Lipinski definition) is 5. The van der Waals surface area contributed by atoms with Crippen molar-refractivity contribution in [2.75, 3.05) is 12.8 Å². The van der Waals surface area contributed by atoms with E-state index in [1.807, 2.05) is 0 Å². The Morgan fingerprint density at radius 2 is 1.63 bits per heavy atom. The molecule has 0 unspecified atom stereocenters. The minimum absolute atomic E-state index is 0.00711. The number of halogens is 3. The minimum Gasteiger partial charge on any atom is -0.325 e. The third-order valence-corrected chi connectivity index (χ3v) is 7.35. The third-order valence-electron chi connectivity index (χ3n) is 3.79. The van der Waals surface area contributed by atoms with Crippen molar-refractivity contribution in [3.8, 4) is 0 Å². The minimum atomic E-state index is -4.46. The number of benzene rings is 1. The van der Waals surface area contributed by atoms with E-state index in [2.05, 4.69) is 4.98 Å². The van der Waals surface area contributed by atoms with E-state index in [0.717, 1.165) is 33.4 Å². The van der Waals surface area contributed by atoms with Gasteiger partial charge >= 0.3 is 6.18 Å². The zero-order valence-electron chi connectivity index (χ0n) is 14.5. The van der Waals surface area contributed by atoms with Gasteiger partial charge < -0.3 is 4.57 Å². The maximum absolute atomic E-state index is 12.6. The Morgan fingerprint density at radius 3 is 2.15 bits per heavy atom. The Hall–Kier alpha value is -1.92. The smallest absolute Gasteiger partial charge is 0.325 e. The number of aromatic nitrogens is 2. The first-order chi connectivity index (χ1) is 12.4. The summed E-state index contributed by atoms with van der Waals surface area (Å²) < 4.78 is 88.2. The predicted octanol–water partition coefficient (Wildman–Crippen LogP) is 2.06. The van der Waals surface area contributed by atoms with Crippen LogP contribution in [0.3, 0.4) is 0 Å². The Kier molecular flexibility index (Phi) is 6.02. The van der Waals surface area contributed by atoms with Crippen molar-refractivity contribution in [1.82, 2.24) is 13.9 Å². The highest BCUT2D eigenvalue weighted by atomic mass is 32.2. The second-order valence-electron chi connectivity index (χ2n) is 5.72. The van der Waals surface area contributed by atoms with E-state index in [0.29, 0.717) is 0 Å². The highest BCUT2D eigenvalue weighted by Crippen LogP contribution is 2.21. The van der Waals surface area contributed by atoms with Gasteiger partial charge in [-0.15, -0.1) is 0 Å². The summed E-state index contributed by atoms with van der Waals surface area (Å²) in [5, 5.41) is 0. The van der Waals surface area contributed by atoms with Crippen LogP contribution in [0.4, 0.5) is 13.2 Å². The molecule has 0 radical (unpaired) electrons. The molecule has 0 spiro atoms. The lowest BCUT2D eigenvalue weighted by molar-refractivity contribution is -0.141. The summed E-state index contributed by atoms with van der Waals surface area (Å²) in [6.07, 6.45) is -2.19. The molecule has 0 aliphatic rings. The monoisotopic (exact) mass is 425 g/mol. The topological polar surface area (TPSA) is 89.3 Å². The number of alkyl halides is 3. The number of nitrogens with zero attached hydrogens (tertiary/aromatic N) is 3. The van der Waals surface area contributed by atoms with E-state index in [-0.39, 0.29) is 27.9 Å². The van der Waals surface area contributed by atoms with Gasteiger partial charge in [-0.25, -0.2) is 21.8 Å². The lowest BCUT2D eigenvalue weighted by Gasteiger charge is -2.18. The normalized spacial score (nSPS) is 13.3. The van der Waals surface area contributed by atoms with Crippen molar-refractivity contribution in [3.63, 3.8) is 0 Å². The van der Waals surface area contributed by atoms with Crippen LogP contribution in [0.2, 0.25) is 0 Å². The van der Waals surface area contributed by atoms with Crippen LogP contribution in [0.15, 0.2) is 46.5 Å². The summed E-state index contributed by atoms with van der Waals surface area (Å²) in [5.41, 5.74) is 0. The first kappa shape index (κ1) is 21.4. The molecule has 0 bridgehead atoms. The standard InChI is InChI=1S/C15H18F3N3O4S2/c1-3-26(22,23)12-4-6-13(7-5-12)27(24,25)20(2)10-14-19-8-9-21(14)11-15(16,17)18/h4-9H,3,10-11H2,1-2H3. The number of sulfonamides is 1. The molecule has 12 heteroatoms. The van der Waals surface area contributed by atoms with Gasteiger partial charge in [-0.1, -0.05) is 6.92 Å². The van der Waals surface area contributed by atoms with Crippen LogP contribution in [0.5, 0.6) is 0 Å². The molecule has 7 nitrogen and oxygen atoms in total. The molecule has 0 aliphatic carbocycles. The Morgan fingerprint density at radius 1 is 1.07 bits per heavy atom. The van der Waals surface area contributed by atoms with Crippen LogP contribution in [-0.2, 0) is 33.0 Å². The summed E-state index contributed by atoms with van der Waals surface area (Å²) in [4.78, 5) is 3.60. The fourth-order valence-electron chi connectivity index (χ4n) is 2.28. The molecular formula is C15H18F3N3O4S2. The van der Waals surface area contributed by atoms with Gasteiger partial charge in [0.2, 0.25) is 10.0 Å². The molecule has 0 amide bonds. The molecule has 27 heavy (non-hydrogen) atoms. The zero-order valence-corrected chi connectivity index (χ0v) is 16.1. The van der Waals surface area contributed by atoms with Crippen LogP contribution in [0, 0.1) is 0 Å². The number of rotatable bonds is 7. The maximum Gasteiger partial charge on any atom is 0.406 e. The zero-order chi connectivity index (χ0) is 20.5. The lowest BCUT2D eigenvalue weighted by atomic mass is 10.4. The Balaban J connectivity index is 2.24. The third kappa shape index (κ3) is 5.08. The Labute approximate surface area is 155 Å². The second-order valence-corrected chi connectivity index (χ2v) is 10.0. The van der Waals surface area contributed by atoms with Crippen LogP contribution >= 0.6 is 0 Å². The number of sulfone groups is 1. The first-order valence-corrected chi connectivity index (χ1v) is 10.8. The molecule has 0 fully saturated rings. The molecule has 2 aromatic rings. The van der Waals surface area contributed by atoms with E-state index in [9.17, 15) is 30.0 Å². The SMILES string of the molecule is CCS(=O)(=O)c1ccc(S(=O)(=O)N(C)Cc2nccn2CC(F)(F)F)cc1. The van der Waals surface area contributed by atoms with Gasteiger partial charge in [0.05, 0.1) is 22.1 Å². The summed E-state index contributed by atoms with van der Waals surface area (Å²) in [6.45, 7) is -0.183. The van der Waals surface area contributed by atoms with Gasteiger partial charge in [-0.3, -0.25) is 0 Å². The van der Waals surface area contributed by atoms with Crippen LogP contribution in [0.25, 0.3) is 0 Å². The van der Waals surface area contributed by atoms with E-state index in [1.165, 1.54) is 26.1 Å². The van der Waals surface area contributed by atoms with Gasteiger partial charge in [0.1, 0.15) is 12.4 Å². The van der Waals surface area contributed by atoms with Crippen molar-refractivity contribution in [2.24, 2.45) is 0 Å². The fraction of sp³-hybridized carbons (Fsp3) is 0.400. The van der Waals surface area contributed by atoms with Gasteiger partial charge in [-0.2, -0.15) is 17.5 Å². The molecule has 1 aromatic heterocycles. The van der Waals surface area contributed by atoms with Crippen molar-refractivity contribution >= 4 is 19.9 Å². The van der Waals surface area contributed by atoms with Crippen LogP contribution in [0.1, 0.15) is 12.7 Å². The van der Waals surface area contributed by atoms with Crippen molar-refractivity contribution in [2.45, 2.75) is 36.0 Å². The average Bonchev–Trinajstić information content (AvgIpc) is 2.99. The van der Waals surface area contributed by atoms with Crippen LogP contribution < -0.4 is 0 Å². The van der Waals surface area contributed by atoms with Gasteiger partial charge in [0.15, 0.2) is 9.84 Å². The maximum atomic E-state index is 12.6. The van der Waals surface area contributed by atoms with E-state index < -0.39 is 32.6 Å². The molecule has 1 heterocycles. The summed E-state index contributed by atoms with van der Waals surface area (Å²) in [6, 6.07) is 4.67. The molecule has 1 aromatic carbocycles. The van der Waals surface area contributed by atoms with Gasteiger partial charge in [-0.05, 0) is 24.3 Å². The second kappa shape index (κ2) is 7.60. The molecule has 0 saturated heterocycles. The largest absolute Gasteiger partial charge is 0.406 e.